The number of rotatable bonds is 8. The van der Waals surface area contributed by atoms with Crippen LogP contribution in [0.3, 0.4) is 0 Å². The number of pyridine rings is 1. The summed E-state index contributed by atoms with van der Waals surface area (Å²) in [6.07, 6.45) is 8.95. The third kappa shape index (κ3) is 4.65. The Bertz CT molecular complexity index is 1060. The minimum atomic E-state index is -0.470. The van der Waals surface area contributed by atoms with Gasteiger partial charge in [0.2, 0.25) is 0 Å². The predicted octanol–water partition coefficient (Wildman–Crippen LogP) is 3.97. The second kappa shape index (κ2) is 9.94. The number of nitro benzene ring substituents is 1. The van der Waals surface area contributed by atoms with Crippen LogP contribution in [0.1, 0.15) is 50.2 Å². The third-order valence-corrected chi connectivity index (χ3v) is 6.52. The minimum absolute atomic E-state index is 0.0492. The zero-order valence-corrected chi connectivity index (χ0v) is 18.8. The minimum Gasteiger partial charge on any atom is -0.366 e. The first-order valence-electron chi connectivity index (χ1n) is 11.5. The first-order chi connectivity index (χ1) is 16.0. The molecular weight excluding hydrogens is 420 g/mol. The monoisotopic (exact) mass is 448 g/mol. The Morgan fingerprint density at radius 3 is 2.30 bits per heavy atom. The summed E-state index contributed by atoms with van der Waals surface area (Å²) < 4.78 is 0. The van der Waals surface area contributed by atoms with Crippen molar-refractivity contribution in [2.45, 2.75) is 51.5 Å². The van der Waals surface area contributed by atoms with Gasteiger partial charge < -0.3 is 4.90 Å². The SMILES string of the molecule is CCN(CCc1ccncc1)C1=C(c2ccc([N+](=O)[O-])cc2)C(=O)N(C2CCCCC2)C1=O. The number of non-ortho nitro benzene ring substituents is 1. The van der Waals surface area contributed by atoms with Crippen molar-refractivity contribution in [3.8, 4) is 0 Å². The number of imide groups is 1. The lowest BCUT2D eigenvalue weighted by Crippen LogP contribution is -2.43. The van der Waals surface area contributed by atoms with Crippen molar-refractivity contribution >= 4 is 23.1 Å². The molecule has 2 aliphatic rings. The fraction of sp³-hybridized carbons (Fsp3) is 0.400. The maximum Gasteiger partial charge on any atom is 0.278 e. The van der Waals surface area contributed by atoms with E-state index in [1.54, 1.807) is 24.5 Å². The fourth-order valence-electron chi connectivity index (χ4n) is 4.75. The van der Waals surface area contributed by atoms with Crippen LogP contribution in [0.5, 0.6) is 0 Å². The molecule has 2 amide bonds. The molecule has 0 atom stereocenters. The van der Waals surface area contributed by atoms with Gasteiger partial charge in [0.25, 0.3) is 17.5 Å². The second-order valence-corrected chi connectivity index (χ2v) is 8.48. The number of hydrogen-bond donors (Lipinski definition) is 0. The molecule has 0 radical (unpaired) electrons. The van der Waals surface area contributed by atoms with E-state index in [9.17, 15) is 19.7 Å². The van der Waals surface area contributed by atoms with Crippen LogP contribution in [0.25, 0.3) is 5.57 Å². The van der Waals surface area contributed by atoms with Gasteiger partial charge in [-0.25, -0.2) is 0 Å². The smallest absolute Gasteiger partial charge is 0.278 e. The Kier molecular flexibility index (Phi) is 6.82. The van der Waals surface area contributed by atoms with Gasteiger partial charge in [-0.3, -0.25) is 29.6 Å². The molecule has 1 aromatic heterocycles. The molecule has 1 saturated carbocycles. The van der Waals surface area contributed by atoms with E-state index in [2.05, 4.69) is 4.98 Å². The molecule has 172 valence electrons. The van der Waals surface area contributed by atoms with Gasteiger partial charge in [0.1, 0.15) is 5.70 Å². The number of nitro groups is 1. The Hall–Kier alpha value is -3.55. The second-order valence-electron chi connectivity index (χ2n) is 8.48. The van der Waals surface area contributed by atoms with Crippen molar-refractivity contribution < 1.29 is 14.5 Å². The molecule has 1 aliphatic carbocycles. The number of likely N-dealkylation sites (N-methyl/N-ethyl adjacent to an activating group) is 1. The van der Waals surface area contributed by atoms with Crippen LogP contribution in [0.2, 0.25) is 0 Å². The van der Waals surface area contributed by atoms with Crippen LogP contribution >= 0.6 is 0 Å². The molecule has 0 unspecified atom stereocenters. The molecule has 8 nitrogen and oxygen atoms in total. The van der Waals surface area contributed by atoms with Gasteiger partial charge in [0, 0.05) is 43.7 Å². The van der Waals surface area contributed by atoms with Crippen molar-refractivity contribution in [2.75, 3.05) is 13.1 Å². The van der Waals surface area contributed by atoms with Gasteiger partial charge in [0.05, 0.1) is 10.5 Å². The quantitative estimate of drug-likeness (QED) is 0.344. The number of amides is 2. The van der Waals surface area contributed by atoms with E-state index in [0.29, 0.717) is 36.3 Å². The van der Waals surface area contributed by atoms with Crippen molar-refractivity contribution in [1.29, 1.82) is 0 Å². The van der Waals surface area contributed by atoms with Gasteiger partial charge in [-0.2, -0.15) is 0 Å². The van der Waals surface area contributed by atoms with Crippen LogP contribution in [-0.2, 0) is 16.0 Å². The molecule has 1 fully saturated rings. The first kappa shape index (κ1) is 22.6. The Morgan fingerprint density at radius 2 is 1.70 bits per heavy atom. The van der Waals surface area contributed by atoms with Gasteiger partial charge in [-0.05, 0) is 61.6 Å². The molecule has 33 heavy (non-hydrogen) atoms. The number of carbonyl (C=O) groups excluding carboxylic acids is 2. The number of aromatic nitrogens is 1. The first-order valence-corrected chi connectivity index (χ1v) is 11.5. The molecule has 0 spiro atoms. The Labute approximate surface area is 193 Å². The van der Waals surface area contributed by atoms with E-state index >= 15 is 0 Å². The van der Waals surface area contributed by atoms with Crippen LogP contribution in [0, 0.1) is 10.1 Å². The number of carbonyl (C=O) groups is 2. The topological polar surface area (TPSA) is 96.7 Å². The maximum atomic E-state index is 13.7. The molecule has 2 heterocycles. The average molecular weight is 449 g/mol. The zero-order valence-electron chi connectivity index (χ0n) is 18.8. The van der Waals surface area contributed by atoms with Gasteiger partial charge in [-0.15, -0.1) is 0 Å². The van der Waals surface area contributed by atoms with E-state index in [4.69, 9.17) is 0 Å². The van der Waals surface area contributed by atoms with Gasteiger partial charge in [0.15, 0.2) is 0 Å². The van der Waals surface area contributed by atoms with E-state index in [0.717, 1.165) is 37.7 Å². The summed E-state index contributed by atoms with van der Waals surface area (Å²) in [4.78, 5) is 45.4. The van der Waals surface area contributed by atoms with Crippen LogP contribution in [-0.4, -0.2) is 50.7 Å². The lowest BCUT2D eigenvalue weighted by atomic mass is 9.94. The zero-order chi connectivity index (χ0) is 23.4. The normalized spacial score (nSPS) is 17.1. The van der Waals surface area contributed by atoms with Crippen molar-refractivity contribution in [2.24, 2.45) is 0 Å². The number of nitrogens with zero attached hydrogens (tertiary/aromatic N) is 4. The third-order valence-electron chi connectivity index (χ3n) is 6.52. The summed E-state index contributed by atoms with van der Waals surface area (Å²) in [5, 5.41) is 11.1. The summed E-state index contributed by atoms with van der Waals surface area (Å²) in [5.41, 5.74) is 2.33. The van der Waals surface area contributed by atoms with Crippen LogP contribution in [0.15, 0.2) is 54.5 Å². The average Bonchev–Trinajstić information content (AvgIpc) is 3.10. The molecule has 1 aliphatic heterocycles. The predicted molar refractivity (Wildman–Crippen MR) is 124 cm³/mol. The van der Waals surface area contributed by atoms with E-state index in [1.807, 2.05) is 24.0 Å². The summed E-state index contributed by atoms with van der Waals surface area (Å²) >= 11 is 0. The van der Waals surface area contributed by atoms with Gasteiger partial charge in [-0.1, -0.05) is 19.3 Å². The van der Waals surface area contributed by atoms with E-state index in [-0.39, 0.29) is 23.5 Å². The lowest BCUT2D eigenvalue weighted by Gasteiger charge is -2.31. The standard InChI is InChI=1S/C25H28N4O4/c1-2-27(17-14-18-12-15-26-16-13-18)23-22(19-8-10-21(11-9-19)29(32)33)24(30)28(25(23)31)20-6-4-3-5-7-20/h8-13,15-16,20H,2-7,14,17H2,1H3. The fourth-order valence-corrected chi connectivity index (χ4v) is 4.75. The molecule has 4 rings (SSSR count). The van der Waals surface area contributed by atoms with E-state index < -0.39 is 4.92 Å². The highest BCUT2D eigenvalue weighted by molar-refractivity contribution is 6.35. The maximum absolute atomic E-state index is 13.7. The molecular formula is C25H28N4O4. The Morgan fingerprint density at radius 1 is 1.03 bits per heavy atom. The summed E-state index contributed by atoms with van der Waals surface area (Å²) in [6.45, 7) is 3.10. The van der Waals surface area contributed by atoms with Gasteiger partial charge >= 0.3 is 0 Å². The lowest BCUT2D eigenvalue weighted by molar-refractivity contribution is -0.384. The highest BCUT2D eigenvalue weighted by atomic mass is 16.6. The Balaban J connectivity index is 1.71. The largest absolute Gasteiger partial charge is 0.366 e. The molecule has 0 bridgehead atoms. The van der Waals surface area contributed by atoms with Crippen molar-refractivity contribution in [1.82, 2.24) is 14.8 Å². The van der Waals surface area contributed by atoms with Crippen LogP contribution < -0.4 is 0 Å². The molecule has 2 aromatic rings. The number of hydrogen-bond acceptors (Lipinski definition) is 6. The summed E-state index contributed by atoms with van der Waals surface area (Å²) in [5.74, 6) is -0.546. The molecule has 0 saturated heterocycles. The summed E-state index contributed by atoms with van der Waals surface area (Å²) in [7, 11) is 0. The molecule has 1 aromatic carbocycles. The molecule has 8 heteroatoms. The molecule has 0 N–H and O–H groups in total. The highest BCUT2D eigenvalue weighted by Crippen LogP contribution is 2.36. The van der Waals surface area contributed by atoms with Crippen molar-refractivity contribution in [3.63, 3.8) is 0 Å². The van der Waals surface area contributed by atoms with E-state index in [1.165, 1.54) is 17.0 Å². The van der Waals surface area contributed by atoms with Crippen LogP contribution in [0.4, 0.5) is 5.69 Å². The summed E-state index contributed by atoms with van der Waals surface area (Å²) in [6, 6.07) is 9.69. The van der Waals surface area contributed by atoms with Crippen molar-refractivity contribution in [3.05, 3.63) is 75.7 Å². The number of benzene rings is 1. The highest BCUT2D eigenvalue weighted by Gasteiger charge is 2.44.